The summed E-state index contributed by atoms with van der Waals surface area (Å²) in [7, 11) is 0. The van der Waals surface area contributed by atoms with Crippen molar-refractivity contribution in [3.63, 3.8) is 0 Å². The Morgan fingerprint density at radius 2 is 1.81 bits per heavy atom. The smallest absolute Gasteiger partial charge is 0.251 e. The Kier molecular flexibility index (Phi) is 6.66. The lowest BCUT2D eigenvalue weighted by Crippen LogP contribution is -2.38. The molecule has 0 unspecified atom stereocenters. The van der Waals surface area contributed by atoms with Crippen LogP contribution in [0.1, 0.15) is 35.8 Å². The summed E-state index contributed by atoms with van der Waals surface area (Å²) >= 11 is 0. The predicted octanol–water partition coefficient (Wildman–Crippen LogP) is 2.97. The topological polar surface area (TPSA) is 67.4 Å². The van der Waals surface area contributed by atoms with Crippen molar-refractivity contribution in [3.8, 4) is 5.75 Å². The molecule has 0 spiro atoms. The van der Waals surface area contributed by atoms with Crippen molar-refractivity contribution in [1.82, 2.24) is 10.6 Å². The van der Waals surface area contributed by atoms with Crippen molar-refractivity contribution in [2.45, 2.75) is 19.9 Å². The van der Waals surface area contributed by atoms with E-state index < -0.39 is 29.5 Å². The molecule has 2 rings (SSSR count). The van der Waals surface area contributed by atoms with E-state index in [1.54, 1.807) is 31.2 Å². The van der Waals surface area contributed by atoms with E-state index in [2.05, 4.69) is 10.6 Å². The average molecular weight is 362 g/mol. The average Bonchev–Trinajstić information content (AvgIpc) is 2.60. The second-order valence-electron chi connectivity index (χ2n) is 5.60. The van der Waals surface area contributed by atoms with Gasteiger partial charge in [-0.1, -0.05) is 6.07 Å². The minimum atomic E-state index is -0.740. The first-order valence-electron chi connectivity index (χ1n) is 8.16. The van der Waals surface area contributed by atoms with Gasteiger partial charge in [-0.2, -0.15) is 0 Å². The van der Waals surface area contributed by atoms with Gasteiger partial charge in [-0.3, -0.25) is 9.59 Å². The third kappa shape index (κ3) is 5.27. The number of benzene rings is 2. The first-order chi connectivity index (χ1) is 12.4. The molecule has 0 fully saturated rings. The Hall–Kier alpha value is -2.96. The third-order valence-electron chi connectivity index (χ3n) is 3.64. The molecule has 1 atom stereocenters. The van der Waals surface area contributed by atoms with E-state index in [1.807, 2.05) is 6.92 Å². The van der Waals surface area contributed by atoms with Crippen LogP contribution in [0, 0.1) is 11.6 Å². The van der Waals surface area contributed by atoms with Crippen molar-refractivity contribution in [1.29, 1.82) is 0 Å². The minimum absolute atomic E-state index is 0.164. The summed E-state index contributed by atoms with van der Waals surface area (Å²) in [6, 6.07) is 9.00. The Balaban J connectivity index is 1.86. The second-order valence-corrected chi connectivity index (χ2v) is 5.60. The van der Waals surface area contributed by atoms with E-state index >= 15 is 0 Å². The Morgan fingerprint density at radius 3 is 2.42 bits per heavy atom. The van der Waals surface area contributed by atoms with Crippen molar-refractivity contribution in [2.24, 2.45) is 0 Å². The Labute approximate surface area is 150 Å². The molecule has 0 aromatic heterocycles. The van der Waals surface area contributed by atoms with Gasteiger partial charge in [-0.25, -0.2) is 8.78 Å². The van der Waals surface area contributed by atoms with Crippen molar-refractivity contribution in [2.75, 3.05) is 13.2 Å². The molecule has 0 aliphatic carbocycles. The van der Waals surface area contributed by atoms with Crippen LogP contribution in [0.2, 0.25) is 0 Å². The standard InChI is InChI=1S/C19H20F2N2O3/c1-3-26-15-7-4-13(5-8-15)19(25)22-11-18(24)23-12(2)16-9-6-14(20)10-17(16)21/h4-10,12H,3,11H2,1-2H3,(H,22,25)(H,23,24)/t12-/m0/s1. The summed E-state index contributed by atoms with van der Waals surface area (Å²) < 4.78 is 31.9. The molecule has 0 radical (unpaired) electrons. The molecule has 0 saturated carbocycles. The van der Waals surface area contributed by atoms with E-state index in [-0.39, 0.29) is 12.1 Å². The van der Waals surface area contributed by atoms with Gasteiger partial charge in [0.15, 0.2) is 0 Å². The maximum absolute atomic E-state index is 13.7. The van der Waals surface area contributed by atoms with Gasteiger partial charge in [0.2, 0.25) is 5.91 Å². The summed E-state index contributed by atoms with van der Waals surface area (Å²) in [4.78, 5) is 24.0. The molecule has 26 heavy (non-hydrogen) atoms. The molecule has 2 amide bonds. The zero-order valence-electron chi connectivity index (χ0n) is 14.5. The van der Waals surface area contributed by atoms with Gasteiger partial charge >= 0.3 is 0 Å². The SMILES string of the molecule is CCOc1ccc(C(=O)NCC(=O)N[C@@H](C)c2ccc(F)cc2F)cc1. The van der Waals surface area contributed by atoms with E-state index in [4.69, 9.17) is 4.74 Å². The molecule has 0 aliphatic rings. The van der Waals surface area contributed by atoms with Crippen LogP contribution < -0.4 is 15.4 Å². The van der Waals surface area contributed by atoms with Gasteiger partial charge in [0.1, 0.15) is 17.4 Å². The second kappa shape index (κ2) is 8.94. The molecule has 2 aromatic rings. The van der Waals surface area contributed by atoms with Gasteiger partial charge < -0.3 is 15.4 Å². The summed E-state index contributed by atoms with van der Waals surface area (Å²) in [6.07, 6.45) is 0. The summed E-state index contributed by atoms with van der Waals surface area (Å²) in [5.41, 5.74) is 0.552. The summed E-state index contributed by atoms with van der Waals surface area (Å²) in [6.45, 7) is 3.69. The van der Waals surface area contributed by atoms with Crippen LogP contribution in [0.15, 0.2) is 42.5 Å². The van der Waals surface area contributed by atoms with E-state index in [0.29, 0.717) is 17.9 Å². The van der Waals surface area contributed by atoms with E-state index in [9.17, 15) is 18.4 Å². The van der Waals surface area contributed by atoms with Crippen LogP contribution >= 0.6 is 0 Å². The third-order valence-corrected chi connectivity index (χ3v) is 3.64. The fraction of sp³-hybridized carbons (Fsp3) is 0.263. The van der Waals surface area contributed by atoms with E-state index in [0.717, 1.165) is 12.1 Å². The number of hydrogen-bond acceptors (Lipinski definition) is 3. The number of hydrogen-bond donors (Lipinski definition) is 2. The fourth-order valence-corrected chi connectivity index (χ4v) is 2.35. The van der Waals surface area contributed by atoms with Crippen molar-refractivity contribution in [3.05, 3.63) is 65.2 Å². The van der Waals surface area contributed by atoms with Gasteiger partial charge in [0, 0.05) is 17.2 Å². The van der Waals surface area contributed by atoms with E-state index in [1.165, 1.54) is 6.07 Å². The number of carbonyl (C=O) groups is 2. The number of rotatable bonds is 7. The lowest BCUT2D eigenvalue weighted by Gasteiger charge is -2.15. The highest BCUT2D eigenvalue weighted by atomic mass is 19.1. The highest BCUT2D eigenvalue weighted by Crippen LogP contribution is 2.17. The Bertz CT molecular complexity index is 779. The largest absolute Gasteiger partial charge is 0.494 e. The molecule has 0 bridgehead atoms. The number of ether oxygens (including phenoxy) is 1. The maximum atomic E-state index is 13.7. The fourth-order valence-electron chi connectivity index (χ4n) is 2.35. The number of amides is 2. The lowest BCUT2D eigenvalue weighted by atomic mass is 10.1. The highest BCUT2D eigenvalue weighted by molar-refractivity contribution is 5.96. The van der Waals surface area contributed by atoms with Crippen LogP contribution in [0.5, 0.6) is 5.75 Å². The van der Waals surface area contributed by atoms with Crippen LogP contribution in [-0.2, 0) is 4.79 Å². The molecule has 0 saturated heterocycles. The molecule has 7 heteroatoms. The molecule has 0 aliphatic heterocycles. The van der Waals surface area contributed by atoms with Crippen LogP contribution in [0.25, 0.3) is 0 Å². The first kappa shape index (κ1) is 19.4. The summed E-state index contributed by atoms with van der Waals surface area (Å²) in [5, 5.41) is 5.04. The predicted molar refractivity (Wildman–Crippen MR) is 92.9 cm³/mol. The normalized spacial score (nSPS) is 11.5. The van der Waals surface area contributed by atoms with Crippen LogP contribution in [0.3, 0.4) is 0 Å². The first-order valence-corrected chi connectivity index (χ1v) is 8.16. The molecular formula is C19H20F2N2O3. The van der Waals surface area contributed by atoms with Crippen LogP contribution in [0.4, 0.5) is 8.78 Å². The van der Waals surface area contributed by atoms with Gasteiger partial charge in [0.25, 0.3) is 5.91 Å². The van der Waals surface area contributed by atoms with Gasteiger partial charge in [0.05, 0.1) is 19.2 Å². The minimum Gasteiger partial charge on any atom is -0.494 e. The molecule has 138 valence electrons. The van der Waals surface area contributed by atoms with Crippen molar-refractivity contribution >= 4 is 11.8 Å². The zero-order chi connectivity index (χ0) is 19.1. The number of carbonyl (C=O) groups excluding carboxylic acids is 2. The van der Waals surface area contributed by atoms with Gasteiger partial charge in [-0.15, -0.1) is 0 Å². The molecular weight excluding hydrogens is 342 g/mol. The quantitative estimate of drug-likeness (QED) is 0.796. The molecule has 5 nitrogen and oxygen atoms in total. The zero-order valence-corrected chi connectivity index (χ0v) is 14.5. The Morgan fingerprint density at radius 1 is 1.12 bits per heavy atom. The van der Waals surface area contributed by atoms with Crippen molar-refractivity contribution < 1.29 is 23.1 Å². The maximum Gasteiger partial charge on any atom is 0.251 e. The number of halogens is 2. The highest BCUT2D eigenvalue weighted by Gasteiger charge is 2.15. The molecule has 0 heterocycles. The van der Waals surface area contributed by atoms with Crippen LogP contribution in [-0.4, -0.2) is 25.0 Å². The van der Waals surface area contributed by atoms with Gasteiger partial charge in [-0.05, 0) is 44.2 Å². The summed E-state index contributed by atoms with van der Waals surface area (Å²) in [5.74, 6) is -1.68. The lowest BCUT2D eigenvalue weighted by molar-refractivity contribution is -0.120. The monoisotopic (exact) mass is 362 g/mol. The number of nitrogens with one attached hydrogen (secondary N) is 2. The molecule has 2 aromatic carbocycles. The molecule has 2 N–H and O–H groups in total.